The van der Waals surface area contributed by atoms with Gasteiger partial charge in [-0.3, -0.25) is 0 Å². The van der Waals surface area contributed by atoms with E-state index in [1.54, 1.807) is 0 Å². The van der Waals surface area contributed by atoms with E-state index in [1.165, 1.54) is 25.7 Å². The van der Waals surface area contributed by atoms with E-state index in [9.17, 15) is 0 Å². The summed E-state index contributed by atoms with van der Waals surface area (Å²) < 4.78 is 5.52. The summed E-state index contributed by atoms with van der Waals surface area (Å²) in [5, 5.41) is 3.41. The second-order valence-corrected chi connectivity index (χ2v) is 3.67. The van der Waals surface area contributed by atoms with Crippen molar-refractivity contribution in [3.63, 3.8) is 0 Å². The molecule has 1 aliphatic heterocycles. The highest BCUT2D eigenvalue weighted by Crippen LogP contribution is 2.14. The number of rotatable bonds is 7. The first kappa shape index (κ1) is 11.0. The molecule has 0 amide bonds. The van der Waals surface area contributed by atoms with Crippen LogP contribution in [0.15, 0.2) is 0 Å². The summed E-state index contributed by atoms with van der Waals surface area (Å²) in [5.41, 5.74) is 5.40. The summed E-state index contributed by atoms with van der Waals surface area (Å²) >= 11 is 0. The Morgan fingerprint density at radius 3 is 2.92 bits per heavy atom. The van der Waals surface area contributed by atoms with Gasteiger partial charge < -0.3 is 15.8 Å². The zero-order valence-electron chi connectivity index (χ0n) is 8.43. The third-order valence-electron chi connectivity index (χ3n) is 2.47. The van der Waals surface area contributed by atoms with Crippen LogP contribution in [-0.2, 0) is 4.74 Å². The van der Waals surface area contributed by atoms with Crippen molar-refractivity contribution in [1.29, 1.82) is 0 Å². The first-order valence-electron chi connectivity index (χ1n) is 5.46. The van der Waals surface area contributed by atoms with Crippen LogP contribution in [0.4, 0.5) is 0 Å². The lowest BCUT2D eigenvalue weighted by atomic mass is 10.2. The molecule has 1 unspecified atom stereocenters. The number of unbranched alkanes of at least 4 members (excludes halogenated alkanes) is 1. The standard InChI is InChI=1S/C10H22N2O/c11-6-1-2-7-12-8-5-10-4-3-9-13-10/h10,12H,1-9,11H2. The highest BCUT2D eigenvalue weighted by molar-refractivity contribution is 4.65. The molecule has 1 atom stereocenters. The van der Waals surface area contributed by atoms with E-state index in [0.29, 0.717) is 6.10 Å². The van der Waals surface area contributed by atoms with Crippen molar-refractivity contribution in [1.82, 2.24) is 5.32 Å². The molecule has 1 saturated heterocycles. The lowest BCUT2D eigenvalue weighted by molar-refractivity contribution is 0.104. The fourth-order valence-corrected chi connectivity index (χ4v) is 1.65. The van der Waals surface area contributed by atoms with Gasteiger partial charge in [0.15, 0.2) is 0 Å². The molecular weight excluding hydrogens is 164 g/mol. The molecule has 0 saturated carbocycles. The second kappa shape index (κ2) is 7.30. The monoisotopic (exact) mass is 186 g/mol. The number of hydrogen-bond donors (Lipinski definition) is 2. The van der Waals surface area contributed by atoms with Crippen molar-refractivity contribution in [2.45, 2.75) is 38.2 Å². The normalized spacial score (nSPS) is 22.4. The van der Waals surface area contributed by atoms with Crippen LogP contribution in [0.2, 0.25) is 0 Å². The molecule has 0 aromatic rings. The van der Waals surface area contributed by atoms with E-state index < -0.39 is 0 Å². The largest absolute Gasteiger partial charge is 0.378 e. The van der Waals surface area contributed by atoms with Gasteiger partial charge in [0.25, 0.3) is 0 Å². The molecule has 0 aliphatic carbocycles. The van der Waals surface area contributed by atoms with Crippen LogP contribution in [0.25, 0.3) is 0 Å². The third kappa shape index (κ3) is 5.24. The average molecular weight is 186 g/mol. The van der Waals surface area contributed by atoms with E-state index >= 15 is 0 Å². The second-order valence-electron chi connectivity index (χ2n) is 3.67. The van der Waals surface area contributed by atoms with Gasteiger partial charge in [0.05, 0.1) is 6.10 Å². The summed E-state index contributed by atoms with van der Waals surface area (Å²) in [5.74, 6) is 0. The quantitative estimate of drug-likeness (QED) is 0.580. The molecule has 13 heavy (non-hydrogen) atoms. The van der Waals surface area contributed by atoms with E-state index in [4.69, 9.17) is 10.5 Å². The van der Waals surface area contributed by atoms with Crippen molar-refractivity contribution >= 4 is 0 Å². The molecule has 0 aromatic carbocycles. The van der Waals surface area contributed by atoms with Crippen LogP contribution in [0.3, 0.4) is 0 Å². The van der Waals surface area contributed by atoms with E-state index in [1.807, 2.05) is 0 Å². The number of nitrogens with two attached hydrogens (primary N) is 1. The molecule has 1 fully saturated rings. The lowest BCUT2D eigenvalue weighted by Crippen LogP contribution is -2.21. The van der Waals surface area contributed by atoms with Crippen molar-refractivity contribution in [2.75, 3.05) is 26.2 Å². The Morgan fingerprint density at radius 2 is 2.23 bits per heavy atom. The van der Waals surface area contributed by atoms with Gasteiger partial charge in [-0.15, -0.1) is 0 Å². The molecule has 3 heteroatoms. The Balaban J connectivity index is 1.78. The van der Waals surface area contributed by atoms with Gasteiger partial charge in [-0.05, 0) is 51.7 Å². The maximum atomic E-state index is 5.52. The van der Waals surface area contributed by atoms with E-state index in [0.717, 1.165) is 32.7 Å². The van der Waals surface area contributed by atoms with Gasteiger partial charge >= 0.3 is 0 Å². The first-order chi connectivity index (χ1) is 6.43. The average Bonchev–Trinajstić information content (AvgIpc) is 2.63. The first-order valence-corrected chi connectivity index (χ1v) is 5.46. The summed E-state index contributed by atoms with van der Waals surface area (Å²) in [6.45, 7) is 3.98. The molecular formula is C10H22N2O. The molecule has 3 nitrogen and oxygen atoms in total. The molecule has 0 radical (unpaired) electrons. The topological polar surface area (TPSA) is 47.3 Å². The minimum atomic E-state index is 0.530. The van der Waals surface area contributed by atoms with Crippen molar-refractivity contribution in [3.8, 4) is 0 Å². The lowest BCUT2D eigenvalue weighted by Gasteiger charge is -2.09. The van der Waals surface area contributed by atoms with Crippen LogP contribution < -0.4 is 11.1 Å². The molecule has 78 valence electrons. The van der Waals surface area contributed by atoms with Crippen LogP contribution in [0.5, 0.6) is 0 Å². The fraction of sp³-hybridized carbons (Fsp3) is 1.00. The predicted molar refractivity (Wildman–Crippen MR) is 54.7 cm³/mol. The maximum Gasteiger partial charge on any atom is 0.0588 e. The van der Waals surface area contributed by atoms with Gasteiger partial charge in [-0.25, -0.2) is 0 Å². The number of nitrogens with one attached hydrogen (secondary N) is 1. The Labute approximate surface area is 81.0 Å². The van der Waals surface area contributed by atoms with Gasteiger partial charge in [-0.1, -0.05) is 0 Å². The number of hydrogen-bond acceptors (Lipinski definition) is 3. The van der Waals surface area contributed by atoms with Crippen LogP contribution in [0, 0.1) is 0 Å². The van der Waals surface area contributed by atoms with E-state index in [2.05, 4.69) is 5.32 Å². The van der Waals surface area contributed by atoms with Crippen LogP contribution in [-0.4, -0.2) is 32.3 Å². The zero-order valence-corrected chi connectivity index (χ0v) is 8.43. The maximum absolute atomic E-state index is 5.52. The fourth-order valence-electron chi connectivity index (χ4n) is 1.65. The number of ether oxygens (including phenoxy) is 1. The SMILES string of the molecule is NCCCCNCCC1CCCO1. The molecule has 1 heterocycles. The highest BCUT2D eigenvalue weighted by atomic mass is 16.5. The molecule has 3 N–H and O–H groups in total. The summed E-state index contributed by atoms with van der Waals surface area (Å²) in [6, 6.07) is 0. The Morgan fingerprint density at radius 1 is 1.31 bits per heavy atom. The van der Waals surface area contributed by atoms with Crippen molar-refractivity contribution in [3.05, 3.63) is 0 Å². The minimum absolute atomic E-state index is 0.530. The van der Waals surface area contributed by atoms with Crippen molar-refractivity contribution in [2.24, 2.45) is 5.73 Å². The van der Waals surface area contributed by atoms with E-state index in [-0.39, 0.29) is 0 Å². The van der Waals surface area contributed by atoms with Crippen molar-refractivity contribution < 1.29 is 4.74 Å². The summed E-state index contributed by atoms with van der Waals surface area (Å²) in [7, 11) is 0. The minimum Gasteiger partial charge on any atom is -0.378 e. The Bertz CT molecular complexity index is 113. The predicted octanol–water partition coefficient (Wildman–Crippen LogP) is 0.884. The molecule has 1 aliphatic rings. The van der Waals surface area contributed by atoms with Crippen LogP contribution >= 0.6 is 0 Å². The van der Waals surface area contributed by atoms with Gasteiger partial charge in [-0.2, -0.15) is 0 Å². The molecule has 0 bridgehead atoms. The van der Waals surface area contributed by atoms with Gasteiger partial charge in [0.1, 0.15) is 0 Å². The van der Waals surface area contributed by atoms with Crippen LogP contribution in [0.1, 0.15) is 32.1 Å². The molecule has 0 spiro atoms. The molecule has 0 aromatic heterocycles. The third-order valence-corrected chi connectivity index (χ3v) is 2.47. The Hall–Kier alpha value is -0.120. The zero-order chi connectivity index (χ0) is 9.36. The summed E-state index contributed by atoms with van der Waals surface area (Å²) in [4.78, 5) is 0. The Kier molecular flexibility index (Phi) is 6.15. The highest BCUT2D eigenvalue weighted by Gasteiger charge is 2.13. The smallest absolute Gasteiger partial charge is 0.0588 e. The van der Waals surface area contributed by atoms with Gasteiger partial charge in [0.2, 0.25) is 0 Å². The summed E-state index contributed by atoms with van der Waals surface area (Å²) in [6.07, 6.45) is 6.53. The van der Waals surface area contributed by atoms with Gasteiger partial charge in [0, 0.05) is 6.61 Å². The molecule has 1 rings (SSSR count).